The van der Waals surface area contributed by atoms with Crippen LogP contribution >= 0.6 is 0 Å². The molecule has 158 valence electrons. The van der Waals surface area contributed by atoms with Crippen molar-refractivity contribution in [1.29, 1.82) is 0 Å². The van der Waals surface area contributed by atoms with E-state index in [1.165, 1.54) is 0 Å². The van der Waals surface area contributed by atoms with Crippen molar-refractivity contribution in [3.05, 3.63) is 97.2 Å². The zero-order valence-corrected chi connectivity index (χ0v) is 18.0. The van der Waals surface area contributed by atoms with Gasteiger partial charge in [-0.15, -0.1) is 0 Å². The van der Waals surface area contributed by atoms with E-state index < -0.39 is 0 Å². The topological polar surface area (TPSA) is 40.6 Å². The van der Waals surface area contributed by atoms with E-state index in [1.54, 1.807) is 6.20 Å². The summed E-state index contributed by atoms with van der Waals surface area (Å²) < 4.78 is 19.3. The van der Waals surface area contributed by atoms with Crippen LogP contribution in [0.3, 0.4) is 0 Å². The summed E-state index contributed by atoms with van der Waals surface area (Å²) in [4.78, 5) is 4.56. The fourth-order valence-electron chi connectivity index (χ4n) is 5.35. The van der Waals surface area contributed by atoms with Crippen molar-refractivity contribution in [2.45, 2.75) is 0 Å². The predicted octanol–water partition coefficient (Wildman–Crippen LogP) is 5.25. The van der Waals surface area contributed by atoms with Crippen LogP contribution in [-0.2, 0) is 0 Å². The Labute approximate surface area is 196 Å². The van der Waals surface area contributed by atoms with Crippen molar-refractivity contribution < 1.29 is 14.2 Å². The third-order valence-electron chi connectivity index (χ3n) is 6.85. The Bertz CT molecular complexity index is 1520. The molecule has 3 aliphatic heterocycles. The number of pyridine rings is 1. The van der Waals surface area contributed by atoms with Gasteiger partial charge in [0, 0.05) is 22.6 Å². The second-order valence-corrected chi connectivity index (χ2v) is 8.77. The lowest BCUT2D eigenvalue weighted by Crippen LogP contribution is -2.59. The Morgan fingerprint density at radius 3 is 1.53 bits per heavy atom. The van der Waals surface area contributed by atoms with Crippen molar-refractivity contribution >= 4 is 23.1 Å². The van der Waals surface area contributed by atoms with Gasteiger partial charge in [0.25, 0.3) is 6.71 Å². The highest BCUT2D eigenvalue weighted by molar-refractivity contribution is 6.99. The van der Waals surface area contributed by atoms with Crippen LogP contribution in [0.2, 0.25) is 0 Å². The van der Waals surface area contributed by atoms with Gasteiger partial charge < -0.3 is 14.2 Å². The van der Waals surface area contributed by atoms with Gasteiger partial charge in [0.15, 0.2) is 0 Å². The zero-order chi connectivity index (χ0) is 22.2. The molecule has 8 rings (SSSR count). The molecule has 0 saturated carbocycles. The van der Waals surface area contributed by atoms with Crippen LogP contribution in [0.15, 0.2) is 97.2 Å². The van der Waals surface area contributed by atoms with E-state index in [2.05, 4.69) is 53.5 Å². The van der Waals surface area contributed by atoms with Crippen molar-refractivity contribution in [3.63, 3.8) is 0 Å². The highest BCUT2D eigenvalue weighted by Gasteiger charge is 2.47. The summed E-state index contributed by atoms with van der Waals surface area (Å²) in [7, 11) is 0. The first-order valence-electron chi connectivity index (χ1n) is 11.3. The van der Waals surface area contributed by atoms with Crippen molar-refractivity contribution in [1.82, 2.24) is 4.98 Å². The number of rotatable bonds is 2. The molecule has 0 saturated heterocycles. The van der Waals surface area contributed by atoms with Gasteiger partial charge in [-0.1, -0.05) is 60.7 Å². The molecule has 1 aromatic heterocycles. The van der Waals surface area contributed by atoms with Crippen molar-refractivity contribution in [2.24, 2.45) is 0 Å². The predicted molar refractivity (Wildman–Crippen MR) is 133 cm³/mol. The van der Waals surface area contributed by atoms with Crippen LogP contribution in [0.4, 0.5) is 0 Å². The summed E-state index contributed by atoms with van der Waals surface area (Å²) in [5.74, 6) is 4.60. The number of benzene rings is 4. The Morgan fingerprint density at radius 2 is 0.971 bits per heavy atom. The monoisotopic (exact) mass is 437 g/mol. The molecule has 0 radical (unpaired) electrons. The summed E-state index contributed by atoms with van der Waals surface area (Å²) in [6, 6.07) is 30.9. The first-order valence-corrected chi connectivity index (χ1v) is 11.3. The average Bonchev–Trinajstić information content (AvgIpc) is 2.89. The number of nitrogens with zero attached hydrogens (tertiary/aromatic N) is 1. The van der Waals surface area contributed by atoms with E-state index in [0.717, 1.165) is 67.4 Å². The van der Waals surface area contributed by atoms with Crippen LogP contribution < -0.4 is 30.6 Å². The van der Waals surface area contributed by atoms with Crippen LogP contribution in [0.5, 0.6) is 34.6 Å². The zero-order valence-electron chi connectivity index (χ0n) is 18.0. The van der Waals surface area contributed by atoms with Gasteiger partial charge in [-0.3, -0.25) is 0 Å². The summed E-state index contributed by atoms with van der Waals surface area (Å²) >= 11 is 0. The third-order valence-corrected chi connectivity index (χ3v) is 6.85. The van der Waals surface area contributed by atoms with Crippen LogP contribution in [-0.4, -0.2) is 11.7 Å². The molecular formula is C29H16BNO3. The van der Waals surface area contributed by atoms with Crippen molar-refractivity contribution in [2.75, 3.05) is 0 Å². The summed E-state index contributed by atoms with van der Waals surface area (Å²) in [5.41, 5.74) is 7.36. The van der Waals surface area contributed by atoms with Crippen LogP contribution in [0.1, 0.15) is 0 Å². The first kappa shape index (κ1) is 18.0. The van der Waals surface area contributed by atoms with E-state index in [-0.39, 0.29) is 6.71 Å². The molecule has 0 atom stereocenters. The maximum Gasteiger partial charge on any atom is 0.272 e. The fourth-order valence-corrected chi connectivity index (χ4v) is 5.35. The normalized spacial score (nSPS) is 13.4. The lowest BCUT2D eigenvalue weighted by molar-refractivity contribution is 0.434. The molecule has 0 aliphatic carbocycles. The largest absolute Gasteiger partial charge is 0.458 e. The van der Waals surface area contributed by atoms with E-state index >= 15 is 0 Å². The highest BCUT2D eigenvalue weighted by atomic mass is 16.5. The summed E-state index contributed by atoms with van der Waals surface area (Å²) in [6.45, 7) is -0.0420. The van der Waals surface area contributed by atoms with Gasteiger partial charge in [-0.25, -0.2) is 4.98 Å². The number of hydrogen-bond donors (Lipinski definition) is 0. The molecule has 5 heteroatoms. The van der Waals surface area contributed by atoms with Gasteiger partial charge in [0.05, 0.1) is 0 Å². The molecule has 0 spiro atoms. The molecule has 0 fully saturated rings. The van der Waals surface area contributed by atoms with E-state index in [4.69, 9.17) is 14.2 Å². The lowest BCUT2D eigenvalue weighted by atomic mass is 9.34. The quantitative estimate of drug-likeness (QED) is 0.347. The van der Waals surface area contributed by atoms with Gasteiger partial charge in [-0.2, -0.15) is 0 Å². The van der Waals surface area contributed by atoms with Gasteiger partial charge in [0.2, 0.25) is 5.88 Å². The molecule has 0 bridgehead atoms. The lowest BCUT2D eigenvalue weighted by Gasteiger charge is -2.37. The van der Waals surface area contributed by atoms with Crippen LogP contribution in [0.25, 0.3) is 22.3 Å². The molecule has 5 aromatic rings. The maximum absolute atomic E-state index is 6.59. The molecule has 4 heterocycles. The minimum absolute atomic E-state index is 0.0420. The van der Waals surface area contributed by atoms with E-state index in [9.17, 15) is 0 Å². The Hall–Kier alpha value is -4.51. The first-order chi connectivity index (χ1) is 16.8. The van der Waals surface area contributed by atoms with E-state index in [0.29, 0.717) is 5.88 Å². The average molecular weight is 437 g/mol. The van der Waals surface area contributed by atoms with Gasteiger partial charge in [-0.05, 0) is 52.6 Å². The molecule has 3 aliphatic rings. The Kier molecular flexibility index (Phi) is 3.45. The number of aromatic nitrogens is 1. The minimum atomic E-state index is -0.0420. The van der Waals surface area contributed by atoms with Gasteiger partial charge in [0.1, 0.15) is 28.7 Å². The summed E-state index contributed by atoms with van der Waals surface area (Å²) in [5, 5.41) is 0. The molecular weight excluding hydrogens is 421 g/mol. The standard InChI is InChI=1S/C29H16BNO3/c1-3-7-17(8-4-1)19-13-22-26-23(14-19)33-24-15-20(18-9-5-2-6-10-18)16-25-27(24)30(26)28-21(32-22)11-12-31-29(28)34-25/h1-16H. The van der Waals surface area contributed by atoms with Crippen LogP contribution in [0, 0.1) is 0 Å². The summed E-state index contributed by atoms with van der Waals surface area (Å²) in [6.07, 6.45) is 1.74. The Balaban J connectivity index is 1.41. The second kappa shape index (κ2) is 6.52. The number of hydrogen-bond acceptors (Lipinski definition) is 4. The molecule has 4 aromatic carbocycles. The van der Waals surface area contributed by atoms with Crippen molar-refractivity contribution in [3.8, 4) is 56.9 Å². The maximum atomic E-state index is 6.59. The molecule has 0 amide bonds. The molecule has 4 nitrogen and oxygen atoms in total. The fraction of sp³-hybridized carbons (Fsp3) is 0. The Morgan fingerprint density at radius 1 is 0.471 bits per heavy atom. The smallest absolute Gasteiger partial charge is 0.272 e. The van der Waals surface area contributed by atoms with Gasteiger partial charge >= 0.3 is 0 Å². The van der Waals surface area contributed by atoms with E-state index in [1.807, 2.05) is 42.5 Å². The highest BCUT2D eigenvalue weighted by Crippen LogP contribution is 2.44. The molecule has 0 N–H and O–H groups in total. The molecule has 0 unspecified atom stereocenters. The SMILES string of the molecule is c1ccc(-c2cc3c4c(c2)Oc2ccnc5c2B4c2c(cc(-c4ccccc4)cc2O5)O3)cc1. The third kappa shape index (κ3) is 2.41. The second-order valence-electron chi connectivity index (χ2n) is 8.77. The number of ether oxygens (including phenoxy) is 3. The molecule has 34 heavy (non-hydrogen) atoms. The minimum Gasteiger partial charge on any atom is -0.458 e.